The van der Waals surface area contributed by atoms with Crippen molar-refractivity contribution in [1.29, 1.82) is 0 Å². The summed E-state index contributed by atoms with van der Waals surface area (Å²) in [6, 6.07) is 1.24. The summed E-state index contributed by atoms with van der Waals surface area (Å²) in [6.45, 7) is 0.470. The SMILES string of the molecule is O=S(=O)(O)c1cc(CC2CO2)c(F)cc1F. The molecule has 16 heavy (non-hydrogen) atoms. The first-order valence-electron chi connectivity index (χ1n) is 4.45. The molecule has 0 bridgehead atoms. The highest BCUT2D eigenvalue weighted by atomic mass is 32.2. The molecule has 2 rings (SSSR count). The van der Waals surface area contributed by atoms with Gasteiger partial charge in [0.1, 0.15) is 16.5 Å². The van der Waals surface area contributed by atoms with Gasteiger partial charge in [0.15, 0.2) is 0 Å². The molecule has 1 atom stereocenters. The standard InChI is InChI=1S/C9H8F2O4S/c10-7-3-8(11)9(16(12,13)14)2-5(7)1-6-4-15-6/h2-3,6H,1,4H2,(H,12,13,14). The maximum absolute atomic E-state index is 13.2. The minimum atomic E-state index is -4.67. The molecule has 1 unspecified atom stereocenters. The smallest absolute Gasteiger partial charge is 0.297 e. The Morgan fingerprint density at radius 3 is 2.50 bits per heavy atom. The van der Waals surface area contributed by atoms with E-state index in [4.69, 9.17) is 9.29 Å². The molecule has 1 aliphatic rings. The summed E-state index contributed by atoms with van der Waals surface area (Å²) in [4.78, 5) is -0.912. The highest BCUT2D eigenvalue weighted by Crippen LogP contribution is 2.23. The maximum atomic E-state index is 13.2. The van der Waals surface area contributed by atoms with Crippen molar-refractivity contribution in [2.45, 2.75) is 17.4 Å². The zero-order chi connectivity index (χ0) is 11.9. The molecule has 1 aliphatic heterocycles. The fraction of sp³-hybridized carbons (Fsp3) is 0.333. The van der Waals surface area contributed by atoms with Crippen LogP contribution in [0.4, 0.5) is 8.78 Å². The van der Waals surface area contributed by atoms with E-state index in [1.807, 2.05) is 0 Å². The van der Waals surface area contributed by atoms with Crippen LogP contribution in [0.2, 0.25) is 0 Å². The van der Waals surface area contributed by atoms with Crippen LogP contribution in [-0.4, -0.2) is 25.7 Å². The lowest BCUT2D eigenvalue weighted by molar-refractivity contribution is 0.403. The van der Waals surface area contributed by atoms with Gasteiger partial charge in [-0.1, -0.05) is 0 Å². The molecule has 1 saturated heterocycles. The Labute approximate surface area is 90.6 Å². The number of epoxide rings is 1. The quantitative estimate of drug-likeness (QED) is 0.645. The third-order valence-electron chi connectivity index (χ3n) is 2.23. The van der Waals surface area contributed by atoms with E-state index in [9.17, 15) is 17.2 Å². The molecule has 1 N–H and O–H groups in total. The molecule has 4 nitrogen and oxygen atoms in total. The second-order valence-corrected chi connectivity index (χ2v) is 4.90. The average molecular weight is 250 g/mol. The van der Waals surface area contributed by atoms with Crippen LogP contribution in [0.25, 0.3) is 0 Å². The first-order valence-corrected chi connectivity index (χ1v) is 5.89. The molecule has 1 fully saturated rings. The Balaban J connectivity index is 2.45. The second kappa shape index (κ2) is 3.76. The molecule has 0 saturated carbocycles. The molecule has 0 radical (unpaired) electrons. The zero-order valence-corrected chi connectivity index (χ0v) is 8.80. The summed E-state index contributed by atoms with van der Waals surface area (Å²) in [5.41, 5.74) is 0.0107. The second-order valence-electron chi connectivity index (χ2n) is 3.51. The maximum Gasteiger partial charge on any atom is 0.297 e. The van der Waals surface area contributed by atoms with Crippen LogP contribution in [-0.2, 0) is 21.3 Å². The predicted molar refractivity (Wildman–Crippen MR) is 49.6 cm³/mol. The minimum Gasteiger partial charge on any atom is -0.373 e. The van der Waals surface area contributed by atoms with Gasteiger partial charge in [0, 0.05) is 12.5 Å². The topological polar surface area (TPSA) is 66.9 Å². The fourth-order valence-corrected chi connectivity index (χ4v) is 1.95. The van der Waals surface area contributed by atoms with Crippen LogP contribution in [0.15, 0.2) is 17.0 Å². The number of rotatable bonds is 3. The molecule has 1 aromatic carbocycles. The Bertz CT molecular complexity index is 523. The van der Waals surface area contributed by atoms with Crippen molar-refractivity contribution in [2.75, 3.05) is 6.61 Å². The van der Waals surface area contributed by atoms with E-state index in [0.717, 1.165) is 6.07 Å². The van der Waals surface area contributed by atoms with Crippen LogP contribution in [0, 0.1) is 11.6 Å². The summed E-state index contributed by atoms with van der Waals surface area (Å²) >= 11 is 0. The molecule has 88 valence electrons. The number of benzene rings is 1. The van der Waals surface area contributed by atoms with Gasteiger partial charge < -0.3 is 4.74 Å². The number of ether oxygens (including phenoxy) is 1. The normalized spacial score (nSPS) is 19.8. The lowest BCUT2D eigenvalue weighted by atomic mass is 10.1. The monoisotopic (exact) mass is 250 g/mol. The van der Waals surface area contributed by atoms with Gasteiger partial charge in [-0.25, -0.2) is 8.78 Å². The highest BCUT2D eigenvalue weighted by Gasteiger charge is 2.26. The van der Waals surface area contributed by atoms with Gasteiger partial charge in [0.25, 0.3) is 10.1 Å². The van der Waals surface area contributed by atoms with Crippen molar-refractivity contribution in [3.05, 3.63) is 29.3 Å². The lowest BCUT2D eigenvalue weighted by Gasteiger charge is -2.05. The third-order valence-corrected chi connectivity index (χ3v) is 3.10. The van der Waals surface area contributed by atoms with Gasteiger partial charge in [-0.2, -0.15) is 8.42 Å². The molecular formula is C9H8F2O4S. The van der Waals surface area contributed by atoms with Crippen molar-refractivity contribution in [1.82, 2.24) is 0 Å². The number of halogens is 2. The largest absolute Gasteiger partial charge is 0.373 e. The van der Waals surface area contributed by atoms with Crippen molar-refractivity contribution in [3.63, 3.8) is 0 Å². The molecule has 0 amide bonds. The van der Waals surface area contributed by atoms with Gasteiger partial charge in [-0.3, -0.25) is 4.55 Å². The summed E-state index contributed by atoms with van der Waals surface area (Å²) in [5.74, 6) is -2.15. The van der Waals surface area contributed by atoms with Gasteiger partial charge in [-0.15, -0.1) is 0 Å². The molecule has 0 aromatic heterocycles. The van der Waals surface area contributed by atoms with E-state index < -0.39 is 26.6 Å². The third kappa shape index (κ3) is 2.37. The van der Waals surface area contributed by atoms with Crippen LogP contribution in [0.3, 0.4) is 0 Å². The van der Waals surface area contributed by atoms with Gasteiger partial charge in [0.05, 0.1) is 12.7 Å². The Morgan fingerprint density at radius 2 is 2.00 bits per heavy atom. The first-order chi connectivity index (χ1) is 7.38. The summed E-state index contributed by atoms with van der Waals surface area (Å²) in [6.07, 6.45) is 0.00320. The van der Waals surface area contributed by atoms with Crippen molar-refractivity contribution in [3.8, 4) is 0 Å². The molecule has 1 heterocycles. The van der Waals surface area contributed by atoms with E-state index in [0.29, 0.717) is 12.7 Å². The molecule has 0 spiro atoms. The molecule has 1 aromatic rings. The van der Waals surface area contributed by atoms with Gasteiger partial charge in [0.2, 0.25) is 0 Å². The number of hydrogen-bond acceptors (Lipinski definition) is 3. The number of hydrogen-bond donors (Lipinski definition) is 1. The van der Waals surface area contributed by atoms with E-state index in [1.165, 1.54) is 0 Å². The van der Waals surface area contributed by atoms with Crippen molar-refractivity contribution >= 4 is 10.1 Å². The molecular weight excluding hydrogens is 242 g/mol. The highest BCUT2D eigenvalue weighted by molar-refractivity contribution is 7.85. The predicted octanol–water partition coefficient (Wildman–Crippen LogP) is 1.15. The van der Waals surface area contributed by atoms with Crippen LogP contribution in [0.1, 0.15) is 5.56 Å². The summed E-state index contributed by atoms with van der Waals surface area (Å²) < 4.78 is 61.4. The van der Waals surface area contributed by atoms with E-state index in [-0.39, 0.29) is 18.1 Å². The van der Waals surface area contributed by atoms with Crippen LogP contribution < -0.4 is 0 Å². The van der Waals surface area contributed by atoms with E-state index in [1.54, 1.807) is 0 Å². The van der Waals surface area contributed by atoms with Crippen LogP contribution in [0.5, 0.6) is 0 Å². The van der Waals surface area contributed by atoms with Gasteiger partial charge in [-0.05, 0) is 11.6 Å². The molecule has 0 aliphatic carbocycles. The molecule has 7 heteroatoms. The fourth-order valence-electron chi connectivity index (χ4n) is 1.36. The first kappa shape index (κ1) is 11.4. The summed E-state index contributed by atoms with van der Waals surface area (Å²) in [5, 5.41) is 0. The average Bonchev–Trinajstić information content (AvgIpc) is 2.91. The van der Waals surface area contributed by atoms with Crippen molar-refractivity contribution < 1.29 is 26.5 Å². The minimum absolute atomic E-state index is 0.0107. The van der Waals surface area contributed by atoms with E-state index in [2.05, 4.69) is 0 Å². The summed E-state index contributed by atoms with van der Waals surface area (Å²) in [7, 11) is -4.67. The van der Waals surface area contributed by atoms with Gasteiger partial charge >= 0.3 is 0 Å². The van der Waals surface area contributed by atoms with Crippen molar-refractivity contribution in [2.24, 2.45) is 0 Å². The zero-order valence-electron chi connectivity index (χ0n) is 7.98. The lowest BCUT2D eigenvalue weighted by Crippen LogP contribution is -2.06. The van der Waals surface area contributed by atoms with Crippen LogP contribution >= 0.6 is 0 Å². The Hall–Kier alpha value is -1.05. The van der Waals surface area contributed by atoms with E-state index >= 15 is 0 Å². The Morgan fingerprint density at radius 1 is 1.38 bits per heavy atom. The Kier molecular flexibility index (Phi) is 2.69.